The van der Waals surface area contributed by atoms with Crippen molar-refractivity contribution in [2.45, 2.75) is 44.6 Å². The maximum atomic E-state index is 5.88. The lowest BCUT2D eigenvalue weighted by molar-refractivity contribution is 0.00769. The van der Waals surface area contributed by atoms with E-state index in [4.69, 9.17) is 14.2 Å². The molecule has 0 aromatic heterocycles. The molecule has 136 valence electrons. The Bertz CT molecular complexity index is 466. The molecule has 0 saturated carbocycles. The van der Waals surface area contributed by atoms with E-state index in [2.05, 4.69) is 4.90 Å². The van der Waals surface area contributed by atoms with Gasteiger partial charge in [-0.15, -0.1) is 12.4 Å². The zero-order chi connectivity index (χ0) is 15.7. The summed E-state index contributed by atoms with van der Waals surface area (Å²) in [5.74, 6) is 1.66. The predicted molar refractivity (Wildman–Crippen MR) is 98.6 cm³/mol. The average Bonchev–Trinajstić information content (AvgIpc) is 2.61. The van der Waals surface area contributed by atoms with Crippen LogP contribution in [-0.2, 0) is 4.74 Å². The Labute approximate surface area is 151 Å². The van der Waals surface area contributed by atoms with Crippen molar-refractivity contribution in [3.05, 3.63) is 24.3 Å². The van der Waals surface area contributed by atoms with E-state index in [-0.39, 0.29) is 18.5 Å². The van der Waals surface area contributed by atoms with E-state index in [0.29, 0.717) is 13.2 Å². The predicted octanol–water partition coefficient (Wildman–Crippen LogP) is 3.92. The Hall–Kier alpha value is -0.970. The molecule has 1 aromatic rings. The van der Waals surface area contributed by atoms with Crippen molar-refractivity contribution in [1.29, 1.82) is 0 Å². The van der Waals surface area contributed by atoms with Crippen LogP contribution in [0, 0.1) is 0 Å². The van der Waals surface area contributed by atoms with Gasteiger partial charge in [0.2, 0.25) is 0 Å². The van der Waals surface area contributed by atoms with Gasteiger partial charge in [-0.2, -0.15) is 0 Å². The van der Waals surface area contributed by atoms with Gasteiger partial charge in [-0.1, -0.05) is 18.6 Å². The minimum atomic E-state index is 0. The van der Waals surface area contributed by atoms with Gasteiger partial charge in [0.15, 0.2) is 17.6 Å². The first-order valence-electron chi connectivity index (χ1n) is 9.10. The topological polar surface area (TPSA) is 30.9 Å². The minimum absolute atomic E-state index is 0. The van der Waals surface area contributed by atoms with Gasteiger partial charge in [-0.05, 0) is 63.9 Å². The number of unbranched alkanes of at least 4 members (excludes halogenated alkanes) is 2. The SMILES string of the molecule is Cl.c1ccc2c(c1)OCC(COCCCCCN1CCCCC1)O2. The number of hydrogen-bond donors (Lipinski definition) is 0. The van der Waals surface area contributed by atoms with E-state index >= 15 is 0 Å². The number of para-hydroxylation sites is 2. The van der Waals surface area contributed by atoms with Crippen molar-refractivity contribution >= 4 is 12.4 Å². The van der Waals surface area contributed by atoms with Crippen LogP contribution < -0.4 is 9.47 Å². The highest BCUT2D eigenvalue weighted by Crippen LogP contribution is 2.30. The van der Waals surface area contributed by atoms with Gasteiger partial charge in [-0.25, -0.2) is 0 Å². The van der Waals surface area contributed by atoms with Crippen molar-refractivity contribution < 1.29 is 14.2 Å². The van der Waals surface area contributed by atoms with Crippen molar-refractivity contribution in [2.75, 3.05) is 39.5 Å². The lowest BCUT2D eigenvalue weighted by Gasteiger charge is -2.26. The fourth-order valence-electron chi connectivity index (χ4n) is 3.26. The van der Waals surface area contributed by atoms with Crippen LogP contribution >= 0.6 is 12.4 Å². The van der Waals surface area contributed by atoms with Crippen LogP contribution in [0.25, 0.3) is 0 Å². The van der Waals surface area contributed by atoms with Gasteiger partial charge in [0.25, 0.3) is 0 Å². The van der Waals surface area contributed by atoms with E-state index in [9.17, 15) is 0 Å². The monoisotopic (exact) mass is 355 g/mol. The molecule has 1 aromatic carbocycles. The van der Waals surface area contributed by atoms with E-state index in [1.54, 1.807) is 0 Å². The molecule has 1 saturated heterocycles. The fraction of sp³-hybridized carbons (Fsp3) is 0.684. The lowest BCUT2D eigenvalue weighted by Crippen LogP contribution is -2.33. The third-order valence-electron chi connectivity index (χ3n) is 4.58. The molecule has 2 heterocycles. The van der Waals surface area contributed by atoms with Gasteiger partial charge in [-0.3, -0.25) is 0 Å². The van der Waals surface area contributed by atoms with Crippen LogP contribution in [-0.4, -0.2) is 50.5 Å². The molecular formula is C19H30ClNO3. The van der Waals surface area contributed by atoms with Crippen molar-refractivity contribution in [2.24, 2.45) is 0 Å². The zero-order valence-electron chi connectivity index (χ0n) is 14.5. The molecule has 1 atom stereocenters. The Morgan fingerprint density at radius 1 is 1.00 bits per heavy atom. The number of ether oxygens (including phenoxy) is 3. The van der Waals surface area contributed by atoms with Gasteiger partial charge in [0, 0.05) is 6.61 Å². The summed E-state index contributed by atoms with van der Waals surface area (Å²) in [6.07, 6.45) is 7.88. The molecular weight excluding hydrogens is 326 g/mol. The maximum absolute atomic E-state index is 5.88. The first-order valence-corrected chi connectivity index (χ1v) is 9.10. The van der Waals surface area contributed by atoms with E-state index in [0.717, 1.165) is 24.5 Å². The van der Waals surface area contributed by atoms with Gasteiger partial charge in [0.05, 0.1) is 6.61 Å². The Morgan fingerprint density at radius 2 is 1.79 bits per heavy atom. The van der Waals surface area contributed by atoms with Crippen LogP contribution in [0.1, 0.15) is 38.5 Å². The number of rotatable bonds is 8. The molecule has 0 bridgehead atoms. The molecule has 0 spiro atoms. The van der Waals surface area contributed by atoms with Crippen LogP contribution in [0.3, 0.4) is 0 Å². The smallest absolute Gasteiger partial charge is 0.161 e. The highest BCUT2D eigenvalue weighted by molar-refractivity contribution is 5.85. The normalized spacial score (nSPS) is 20.4. The minimum Gasteiger partial charge on any atom is -0.486 e. The summed E-state index contributed by atoms with van der Waals surface area (Å²) in [7, 11) is 0. The number of nitrogens with zero attached hydrogens (tertiary/aromatic N) is 1. The summed E-state index contributed by atoms with van der Waals surface area (Å²) in [5.41, 5.74) is 0. The number of halogens is 1. The number of fused-ring (bicyclic) bond motifs is 1. The first-order chi connectivity index (χ1) is 11.4. The zero-order valence-corrected chi connectivity index (χ0v) is 15.3. The van der Waals surface area contributed by atoms with Crippen LogP contribution in [0.2, 0.25) is 0 Å². The van der Waals surface area contributed by atoms with Crippen molar-refractivity contribution in [1.82, 2.24) is 4.90 Å². The van der Waals surface area contributed by atoms with Crippen molar-refractivity contribution in [3.63, 3.8) is 0 Å². The summed E-state index contributed by atoms with van der Waals surface area (Å²) in [6, 6.07) is 7.81. The highest BCUT2D eigenvalue weighted by Gasteiger charge is 2.20. The molecule has 24 heavy (non-hydrogen) atoms. The number of benzene rings is 1. The Kier molecular flexibility index (Phi) is 8.71. The summed E-state index contributed by atoms with van der Waals surface area (Å²) in [5, 5.41) is 0. The van der Waals surface area contributed by atoms with E-state index < -0.39 is 0 Å². The molecule has 2 aliphatic rings. The second kappa shape index (κ2) is 10.8. The summed E-state index contributed by atoms with van der Waals surface area (Å²) in [4.78, 5) is 2.61. The Morgan fingerprint density at radius 3 is 2.62 bits per heavy atom. The number of piperidine rings is 1. The van der Waals surface area contributed by atoms with Gasteiger partial charge in [0.1, 0.15) is 6.61 Å². The lowest BCUT2D eigenvalue weighted by atomic mass is 10.1. The van der Waals surface area contributed by atoms with E-state index in [1.165, 1.54) is 51.7 Å². The maximum Gasteiger partial charge on any atom is 0.161 e. The van der Waals surface area contributed by atoms with Gasteiger partial charge < -0.3 is 19.1 Å². The summed E-state index contributed by atoms with van der Waals surface area (Å²) in [6.45, 7) is 5.87. The largest absolute Gasteiger partial charge is 0.486 e. The molecule has 1 fully saturated rings. The van der Waals surface area contributed by atoms with E-state index in [1.807, 2.05) is 24.3 Å². The highest BCUT2D eigenvalue weighted by atomic mass is 35.5. The van der Waals surface area contributed by atoms with Gasteiger partial charge >= 0.3 is 0 Å². The molecule has 1 unspecified atom stereocenters. The van der Waals surface area contributed by atoms with Crippen LogP contribution in [0.5, 0.6) is 11.5 Å². The second-order valence-corrected chi connectivity index (χ2v) is 6.54. The summed E-state index contributed by atoms with van der Waals surface area (Å²) < 4.78 is 17.3. The molecule has 5 heteroatoms. The third kappa shape index (κ3) is 6.15. The second-order valence-electron chi connectivity index (χ2n) is 6.54. The summed E-state index contributed by atoms with van der Waals surface area (Å²) >= 11 is 0. The quantitative estimate of drug-likeness (QED) is 0.661. The number of hydrogen-bond acceptors (Lipinski definition) is 4. The molecule has 3 rings (SSSR count). The first kappa shape index (κ1) is 19.4. The van der Waals surface area contributed by atoms with Crippen LogP contribution in [0.15, 0.2) is 24.3 Å². The molecule has 2 aliphatic heterocycles. The molecule has 4 nitrogen and oxygen atoms in total. The standard InChI is InChI=1S/C19H29NO3.ClH/c1-5-11-20(12-6-1)13-7-2-8-14-21-15-17-16-22-18-9-3-4-10-19(18)23-17;/h3-4,9-10,17H,1-2,5-8,11-16H2;1H. The number of likely N-dealkylation sites (tertiary alicyclic amines) is 1. The van der Waals surface area contributed by atoms with Crippen molar-refractivity contribution in [3.8, 4) is 11.5 Å². The molecule has 0 N–H and O–H groups in total. The van der Waals surface area contributed by atoms with Crippen LogP contribution in [0.4, 0.5) is 0 Å². The average molecular weight is 356 g/mol. The Balaban J connectivity index is 0.00000208. The molecule has 0 amide bonds. The molecule has 0 radical (unpaired) electrons. The molecule has 0 aliphatic carbocycles. The fourth-order valence-corrected chi connectivity index (χ4v) is 3.26. The third-order valence-corrected chi connectivity index (χ3v) is 4.58.